The second-order valence-electron chi connectivity index (χ2n) is 12.9. The summed E-state index contributed by atoms with van der Waals surface area (Å²) in [4.78, 5) is 30.4. The van der Waals surface area contributed by atoms with Gasteiger partial charge in [-0.1, -0.05) is 13.0 Å². The van der Waals surface area contributed by atoms with E-state index in [-0.39, 0.29) is 42.5 Å². The summed E-state index contributed by atoms with van der Waals surface area (Å²) >= 11 is 0. The Morgan fingerprint density at radius 2 is 2.02 bits per heavy atom. The van der Waals surface area contributed by atoms with Crippen LogP contribution in [-0.2, 0) is 21.4 Å². The number of amides is 2. The molecule has 2 amide bonds. The molecule has 0 radical (unpaired) electrons. The van der Waals surface area contributed by atoms with Crippen molar-refractivity contribution in [1.29, 1.82) is 5.41 Å². The number of nitrogens with two attached hydrogens (primary N) is 1. The molecule has 2 heterocycles. The van der Waals surface area contributed by atoms with Crippen LogP contribution in [0, 0.1) is 5.41 Å². The fourth-order valence-electron chi connectivity index (χ4n) is 7.64. The zero-order chi connectivity index (χ0) is 33.6. The molecule has 2 saturated heterocycles. The van der Waals surface area contributed by atoms with Gasteiger partial charge in [-0.05, 0) is 83.8 Å². The molecule has 0 aromatic heterocycles. The minimum absolute atomic E-state index is 0.0231. The fourth-order valence-corrected chi connectivity index (χ4v) is 7.64. The lowest BCUT2D eigenvalue weighted by atomic mass is 9.54. The standard InChI is InChI=1S/C33H53N7O6/c1-6-22-11-12-26(45-5)28(41)27(22)32-15-18-39(4)21(2)33(32,44)14-13-24(19-32)46-31(43)40-17-8-9-23(40)20-38-29(42)25(36-3)10-7-16-37-30(34)35/h11-13,21,23,25,36,41,44H,6-10,14-20H2,1-5H3,(H,38,42)(H4,34,35,37). The quantitative estimate of drug-likeness (QED) is 0.101. The number of aromatic hydroxyl groups is 1. The van der Waals surface area contributed by atoms with Gasteiger partial charge < -0.3 is 51.2 Å². The van der Waals surface area contributed by atoms with E-state index in [4.69, 9.17) is 20.6 Å². The smallest absolute Gasteiger partial charge is 0.415 e. The largest absolute Gasteiger partial charge is 0.504 e. The van der Waals surface area contributed by atoms with Gasteiger partial charge >= 0.3 is 6.09 Å². The summed E-state index contributed by atoms with van der Waals surface area (Å²) in [6.07, 6.45) is 5.83. The number of ether oxygens (including phenoxy) is 2. The highest BCUT2D eigenvalue weighted by Gasteiger charge is 2.61. The zero-order valence-corrected chi connectivity index (χ0v) is 27.9. The first-order chi connectivity index (χ1) is 21.9. The van der Waals surface area contributed by atoms with E-state index < -0.39 is 23.2 Å². The van der Waals surface area contributed by atoms with Crippen molar-refractivity contribution in [1.82, 2.24) is 25.8 Å². The summed E-state index contributed by atoms with van der Waals surface area (Å²) in [6.45, 7) is 6.06. The SMILES string of the molecule is CCc1ccc(OC)c(O)c1C12CCN(C)C(C)C1(O)CC=C(OC(=O)N1CCCC1CNC(=O)C(CCCNC(=N)N)NC)C2. The third-order valence-corrected chi connectivity index (χ3v) is 10.5. The summed E-state index contributed by atoms with van der Waals surface area (Å²) in [5.74, 6) is 0.593. The Morgan fingerprint density at radius 3 is 2.70 bits per heavy atom. The van der Waals surface area contributed by atoms with Crippen molar-refractivity contribution in [2.45, 2.75) is 94.4 Å². The molecule has 4 rings (SSSR count). The number of likely N-dealkylation sites (tertiary alicyclic amines) is 2. The molecule has 13 heteroatoms. The van der Waals surface area contributed by atoms with Crippen LogP contribution in [0.25, 0.3) is 0 Å². The Labute approximate surface area is 272 Å². The Hall–Kier alpha value is -3.55. The minimum atomic E-state index is -1.23. The van der Waals surface area contributed by atoms with Gasteiger partial charge in [-0.15, -0.1) is 0 Å². The third kappa shape index (κ3) is 6.91. The number of phenols is 1. The monoisotopic (exact) mass is 643 g/mol. The maximum absolute atomic E-state index is 13.6. The van der Waals surface area contributed by atoms with Gasteiger partial charge in [0.2, 0.25) is 5.91 Å². The normalized spacial score (nSPS) is 26.9. The number of nitrogens with zero attached hydrogens (tertiary/aromatic N) is 2. The van der Waals surface area contributed by atoms with Gasteiger partial charge in [-0.3, -0.25) is 10.2 Å². The molecule has 46 heavy (non-hydrogen) atoms. The molecule has 1 aromatic rings. The number of nitrogens with one attached hydrogen (secondary N) is 4. The van der Waals surface area contributed by atoms with Gasteiger partial charge in [-0.2, -0.15) is 0 Å². The van der Waals surface area contributed by atoms with E-state index in [0.29, 0.717) is 68.9 Å². The fraction of sp³-hybridized carbons (Fsp3) is 0.667. The molecule has 0 spiro atoms. The number of aliphatic hydroxyl groups is 1. The molecule has 8 N–H and O–H groups in total. The second kappa shape index (κ2) is 14.9. The molecule has 2 fully saturated rings. The lowest BCUT2D eigenvalue weighted by molar-refractivity contribution is -0.134. The molecular formula is C33H53N7O6. The van der Waals surface area contributed by atoms with Gasteiger partial charge in [0, 0.05) is 49.5 Å². The number of carbonyl (C=O) groups is 2. The summed E-state index contributed by atoms with van der Waals surface area (Å²) < 4.78 is 11.6. The molecule has 256 valence electrons. The number of hydrogen-bond donors (Lipinski definition) is 7. The van der Waals surface area contributed by atoms with Crippen LogP contribution in [0.1, 0.15) is 69.9 Å². The van der Waals surface area contributed by atoms with Gasteiger partial charge in [0.05, 0.1) is 24.8 Å². The van der Waals surface area contributed by atoms with Crippen molar-refractivity contribution in [3.05, 3.63) is 35.1 Å². The number of allylic oxidation sites excluding steroid dienone is 1. The summed E-state index contributed by atoms with van der Waals surface area (Å²) in [7, 11) is 5.24. The van der Waals surface area contributed by atoms with Crippen molar-refractivity contribution in [2.24, 2.45) is 5.73 Å². The molecule has 1 aliphatic carbocycles. The molecule has 3 aliphatic rings. The van der Waals surface area contributed by atoms with Crippen molar-refractivity contribution in [3.8, 4) is 11.5 Å². The average Bonchev–Trinajstić information content (AvgIpc) is 3.51. The van der Waals surface area contributed by atoms with Crippen LogP contribution in [0.3, 0.4) is 0 Å². The lowest BCUT2D eigenvalue weighted by Gasteiger charge is -2.59. The number of hydrogen-bond acceptors (Lipinski definition) is 9. The van der Waals surface area contributed by atoms with E-state index in [0.717, 1.165) is 18.4 Å². The van der Waals surface area contributed by atoms with E-state index in [1.807, 2.05) is 33.0 Å². The first-order valence-electron chi connectivity index (χ1n) is 16.4. The predicted molar refractivity (Wildman–Crippen MR) is 176 cm³/mol. The number of likely N-dealkylation sites (N-methyl/N-ethyl adjacent to an activating group) is 2. The summed E-state index contributed by atoms with van der Waals surface area (Å²) in [5.41, 5.74) is 4.78. The number of rotatable bonds is 12. The number of guanidine groups is 1. The maximum atomic E-state index is 13.6. The molecule has 5 atom stereocenters. The number of piperidine rings is 1. The Morgan fingerprint density at radius 1 is 1.26 bits per heavy atom. The van der Waals surface area contributed by atoms with Crippen LogP contribution in [0.5, 0.6) is 11.5 Å². The predicted octanol–water partition coefficient (Wildman–Crippen LogP) is 1.90. The van der Waals surface area contributed by atoms with E-state index in [1.165, 1.54) is 7.11 Å². The van der Waals surface area contributed by atoms with E-state index >= 15 is 0 Å². The van der Waals surface area contributed by atoms with Gasteiger partial charge in [0.15, 0.2) is 17.5 Å². The highest BCUT2D eigenvalue weighted by Crippen LogP contribution is 2.57. The van der Waals surface area contributed by atoms with Crippen LogP contribution < -0.4 is 26.4 Å². The number of methoxy groups -OCH3 is 1. The first-order valence-corrected chi connectivity index (χ1v) is 16.4. The van der Waals surface area contributed by atoms with E-state index in [1.54, 1.807) is 18.0 Å². The number of phenolic OH excluding ortho intramolecular Hbond substituents is 1. The van der Waals surface area contributed by atoms with Crippen molar-refractivity contribution >= 4 is 18.0 Å². The Bertz CT molecular complexity index is 1310. The average molecular weight is 644 g/mol. The number of aryl methyl sites for hydroxylation is 1. The van der Waals surface area contributed by atoms with Crippen molar-refractivity contribution in [3.63, 3.8) is 0 Å². The first kappa shape index (κ1) is 35.3. The van der Waals surface area contributed by atoms with Gasteiger partial charge in [0.1, 0.15) is 5.76 Å². The van der Waals surface area contributed by atoms with Gasteiger partial charge in [0.25, 0.3) is 0 Å². The molecular weight excluding hydrogens is 590 g/mol. The molecule has 2 aliphatic heterocycles. The molecule has 5 unspecified atom stereocenters. The number of benzene rings is 1. The zero-order valence-electron chi connectivity index (χ0n) is 27.9. The Kier molecular flexibility index (Phi) is 11.4. The van der Waals surface area contributed by atoms with Crippen molar-refractivity contribution in [2.75, 3.05) is 47.4 Å². The Balaban J connectivity index is 1.50. The summed E-state index contributed by atoms with van der Waals surface area (Å²) in [5, 5.41) is 40.0. The van der Waals surface area contributed by atoms with Crippen LogP contribution in [0.4, 0.5) is 4.79 Å². The van der Waals surface area contributed by atoms with Crippen LogP contribution in [0.15, 0.2) is 24.0 Å². The topological polar surface area (TPSA) is 186 Å². The van der Waals surface area contributed by atoms with Gasteiger partial charge in [-0.25, -0.2) is 4.79 Å². The van der Waals surface area contributed by atoms with E-state index in [9.17, 15) is 19.8 Å². The number of fused-ring (bicyclic) bond motifs is 1. The lowest BCUT2D eigenvalue weighted by Crippen LogP contribution is -2.68. The third-order valence-electron chi connectivity index (χ3n) is 10.5. The second-order valence-corrected chi connectivity index (χ2v) is 12.9. The minimum Gasteiger partial charge on any atom is -0.504 e. The molecule has 1 aromatic carbocycles. The number of carbonyl (C=O) groups excluding carboxylic acids is 2. The summed E-state index contributed by atoms with van der Waals surface area (Å²) in [6, 6.07) is 2.86. The van der Waals surface area contributed by atoms with Crippen LogP contribution >= 0.6 is 0 Å². The molecule has 0 bridgehead atoms. The maximum Gasteiger partial charge on any atom is 0.415 e. The highest BCUT2D eigenvalue weighted by atomic mass is 16.6. The molecule has 0 saturated carbocycles. The molecule has 13 nitrogen and oxygen atoms in total. The highest BCUT2D eigenvalue weighted by molar-refractivity contribution is 5.81. The van der Waals surface area contributed by atoms with E-state index in [2.05, 4.69) is 20.9 Å². The van der Waals surface area contributed by atoms with Crippen molar-refractivity contribution < 1.29 is 29.3 Å². The van der Waals surface area contributed by atoms with Crippen LogP contribution in [-0.4, -0.2) is 109 Å². The van der Waals surface area contributed by atoms with Crippen LogP contribution in [0.2, 0.25) is 0 Å².